The summed E-state index contributed by atoms with van der Waals surface area (Å²) in [6.45, 7) is 0. The molecule has 0 spiro atoms. The van der Waals surface area contributed by atoms with E-state index in [0.29, 0.717) is 0 Å². The number of H-pyrrole nitrogens is 1. The van der Waals surface area contributed by atoms with Gasteiger partial charge in [0.15, 0.2) is 0 Å². The van der Waals surface area contributed by atoms with Crippen molar-refractivity contribution in [3.05, 3.63) is 140 Å². The fraction of sp³-hybridized carbons (Fsp3) is 0. The van der Waals surface area contributed by atoms with Crippen molar-refractivity contribution in [2.75, 3.05) is 0 Å². The van der Waals surface area contributed by atoms with E-state index < -0.39 is 0 Å². The van der Waals surface area contributed by atoms with Crippen LogP contribution in [0.4, 0.5) is 0 Å². The van der Waals surface area contributed by atoms with Gasteiger partial charge >= 0.3 is 0 Å². The average Bonchev–Trinajstić information content (AvgIpc) is 3.71. The Bertz CT molecular complexity index is 2370. The number of imidazole rings is 1. The molecule has 0 aliphatic carbocycles. The van der Waals surface area contributed by atoms with Gasteiger partial charge in [-0.15, -0.1) is 0 Å². The van der Waals surface area contributed by atoms with Crippen LogP contribution in [0.25, 0.3) is 77.4 Å². The summed E-state index contributed by atoms with van der Waals surface area (Å²) in [7, 11) is 0. The predicted molar refractivity (Wildman–Crippen MR) is 170 cm³/mol. The number of aromatic nitrogens is 4. The largest absolute Gasteiger partial charge is 0.338 e. The third kappa shape index (κ3) is 3.19. The maximum absolute atomic E-state index is 4.93. The second-order valence-corrected chi connectivity index (χ2v) is 10.5. The Hall–Kier alpha value is -5.61. The highest BCUT2D eigenvalue weighted by Gasteiger charge is 2.21. The molecule has 41 heavy (non-hydrogen) atoms. The number of benzene rings is 6. The minimum Gasteiger partial charge on any atom is -0.338 e. The van der Waals surface area contributed by atoms with E-state index in [2.05, 4.69) is 142 Å². The zero-order chi connectivity index (χ0) is 26.9. The quantitative estimate of drug-likeness (QED) is 0.246. The molecule has 0 bridgehead atoms. The van der Waals surface area contributed by atoms with E-state index in [1.807, 2.05) is 12.1 Å². The molecule has 0 fully saturated rings. The Labute approximate surface area is 235 Å². The van der Waals surface area contributed by atoms with Crippen molar-refractivity contribution in [2.45, 2.75) is 0 Å². The minimum absolute atomic E-state index is 0.879. The Balaban J connectivity index is 1.48. The Kier molecular flexibility index (Phi) is 4.58. The molecule has 0 atom stereocenters. The fourth-order valence-corrected chi connectivity index (χ4v) is 6.50. The van der Waals surface area contributed by atoms with Crippen molar-refractivity contribution >= 4 is 54.6 Å². The summed E-state index contributed by atoms with van der Waals surface area (Å²) in [4.78, 5) is 8.47. The van der Waals surface area contributed by atoms with Gasteiger partial charge in [-0.2, -0.15) is 0 Å². The van der Waals surface area contributed by atoms with E-state index in [0.717, 1.165) is 33.8 Å². The van der Waals surface area contributed by atoms with Crippen LogP contribution in [-0.4, -0.2) is 19.1 Å². The van der Waals surface area contributed by atoms with Gasteiger partial charge in [0.2, 0.25) is 0 Å². The van der Waals surface area contributed by atoms with Crippen LogP contribution in [-0.2, 0) is 0 Å². The monoisotopic (exact) mass is 524 g/mol. The Morgan fingerprint density at radius 2 is 1.15 bits per heavy atom. The van der Waals surface area contributed by atoms with Gasteiger partial charge in [-0.3, -0.25) is 0 Å². The van der Waals surface area contributed by atoms with Crippen LogP contribution in [0.3, 0.4) is 0 Å². The van der Waals surface area contributed by atoms with E-state index in [4.69, 9.17) is 4.98 Å². The molecule has 0 amide bonds. The van der Waals surface area contributed by atoms with Crippen molar-refractivity contribution in [1.82, 2.24) is 19.1 Å². The van der Waals surface area contributed by atoms with Gasteiger partial charge in [0.25, 0.3) is 0 Å². The van der Waals surface area contributed by atoms with Crippen molar-refractivity contribution in [2.24, 2.45) is 0 Å². The van der Waals surface area contributed by atoms with Gasteiger partial charge < -0.3 is 14.1 Å². The number of hydrogen-bond donors (Lipinski definition) is 1. The average molecular weight is 525 g/mol. The number of nitrogens with one attached hydrogen (secondary N) is 1. The first kappa shape index (κ1) is 22.2. The molecule has 3 heterocycles. The highest BCUT2D eigenvalue weighted by Crippen LogP contribution is 2.42. The summed E-state index contributed by atoms with van der Waals surface area (Å²) in [6, 6.07) is 49.6. The lowest BCUT2D eigenvalue weighted by atomic mass is 10.1. The molecule has 9 rings (SSSR count). The lowest BCUT2D eigenvalue weighted by molar-refractivity contribution is 1.17. The van der Waals surface area contributed by atoms with Crippen LogP contribution in [0.2, 0.25) is 0 Å². The number of aromatic amines is 1. The highest BCUT2D eigenvalue weighted by atomic mass is 15.0. The molecule has 4 heteroatoms. The van der Waals surface area contributed by atoms with E-state index in [-0.39, 0.29) is 0 Å². The third-order valence-corrected chi connectivity index (χ3v) is 8.25. The van der Waals surface area contributed by atoms with Gasteiger partial charge in [-0.05, 0) is 66.7 Å². The molecule has 0 aliphatic heterocycles. The van der Waals surface area contributed by atoms with Crippen LogP contribution in [0.1, 0.15) is 0 Å². The zero-order valence-corrected chi connectivity index (χ0v) is 22.1. The number of hydrogen-bond acceptors (Lipinski definition) is 1. The zero-order valence-electron chi connectivity index (χ0n) is 22.1. The number of fused-ring (bicyclic) bond motifs is 8. The minimum atomic E-state index is 0.879. The summed E-state index contributed by atoms with van der Waals surface area (Å²) >= 11 is 0. The van der Waals surface area contributed by atoms with Crippen LogP contribution in [0.5, 0.6) is 0 Å². The molecule has 192 valence electrons. The Morgan fingerprint density at radius 3 is 1.95 bits per heavy atom. The summed E-state index contributed by atoms with van der Waals surface area (Å²) in [5, 5.41) is 4.94. The lowest BCUT2D eigenvalue weighted by Gasteiger charge is -2.09. The topological polar surface area (TPSA) is 38.5 Å². The summed E-state index contributed by atoms with van der Waals surface area (Å²) in [6.07, 6.45) is 0. The molecule has 4 nitrogen and oxygen atoms in total. The van der Waals surface area contributed by atoms with Crippen LogP contribution >= 0.6 is 0 Å². The van der Waals surface area contributed by atoms with Crippen molar-refractivity contribution in [3.8, 4) is 22.8 Å². The summed E-state index contributed by atoms with van der Waals surface area (Å²) in [5.41, 5.74) is 10.2. The van der Waals surface area contributed by atoms with Crippen LogP contribution in [0, 0.1) is 0 Å². The Morgan fingerprint density at radius 1 is 0.488 bits per heavy atom. The molecule has 0 saturated heterocycles. The number of para-hydroxylation sites is 5. The molecule has 0 radical (unpaired) electrons. The van der Waals surface area contributed by atoms with Gasteiger partial charge in [-0.25, -0.2) is 4.98 Å². The molecule has 9 aromatic rings. The predicted octanol–water partition coefficient (Wildman–Crippen LogP) is 9.42. The molecule has 1 N–H and O–H groups in total. The van der Waals surface area contributed by atoms with Gasteiger partial charge in [-0.1, -0.05) is 72.8 Å². The SMILES string of the molecule is c1ccc(-n2c3ccc(-c4nc5ccccc5[nH]4)cc3c3c2ccc2c4ccccc4n(-c4ccccc4)c23)cc1. The number of rotatable bonds is 3. The molecule has 0 unspecified atom stereocenters. The molecule has 3 aromatic heterocycles. The molecule has 0 aliphatic rings. The first-order valence-corrected chi connectivity index (χ1v) is 13.9. The second kappa shape index (κ2) is 8.44. The maximum Gasteiger partial charge on any atom is 0.138 e. The normalized spacial score (nSPS) is 11.9. The highest BCUT2D eigenvalue weighted by molar-refractivity contribution is 6.26. The van der Waals surface area contributed by atoms with E-state index >= 15 is 0 Å². The first-order chi connectivity index (χ1) is 20.3. The van der Waals surface area contributed by atoms with Crippen molar-refractivity contribution < 1.29 is 0 Å². The standard InChI is InChI=1S/C37H24N4/c1-3-11-25(12-4-1)40-33-21-19-24(37-38-30-16-8-9-17-31(30)39-37)23-29(33)35-34(40)22-20-28-27-15-7-10-18-32(27)41(36(28)35)26-13-5-2-6-14-26/h1-23H,(H,38,39). The van der Waals surface area contributed by atoms with Crippen molar-refractivity contribution in [1.29, 1.82) is 0 Å². The maximum atomic E-state index is 4.93. The van der Waals surface area contributed by atoms with Gasteiger partial charge in [0.05, 0.1) is 33.1 Å². The van der Waals surface area contributed by atoms with E-state index in [1.165, 1.54) is 43.6 Å². The van der Waals surface area contributed by atoms with Gasteiger partial charge in [0.1, 0.15) is 5.82 Å². The van der Waals surface area contributed by atoms with E-state index in [9.17, 15) is 0 Å². The molecular formula is C37H24N4. The molecule has 6 aromatic carbocycles. The second-order valence-electron chi connectivity index (χ2n) is 10.5. The number of nitrogens with zero attached hydrogens (tertiary/aromatic N) is 3. The molecular weight excluding hydrogens is 500 g/mol. The smallest absolute Gasteiger partial charge is 0.138 e. The lowest BCUT2D eigenvalue weighted by Crippen LogP contribution is -1.95. The van der Waals surface area contributed by atoms with Crippen LogP contribution < -0.4 is 0 Å². The molecule has 0 saturated carbocycles. The summed E-state index contributed by atoms with van der Waals surface area (Å²) < 4.78 is 4.81. The van der Waals surface area contributed by atoms with Gasteiger partial charge in [0, 0.05) is 38.5 Å². The first-order valence-electron chi connectivity index (χ1n) is 13.9. The summed E-state index contributed by atoms with van der Waals surface area (Å²) in [5.74, 6) is 0.879. The van der Waals surface area contributed by atoms with Crippen LogP contribution in [0.15, 0.2) is 140 Å². The fourth-order valence-electron chi connectivity index (χ4n) is 6.50. The van der Waals surface area contributed by atoms with Crippen molar-refractivity contribution in [3.63, 3.8) is 0 Å². The van der Waals surface area contributed by atoms with E-state index in [1.54, 1.807) is 0 Å². The third-order valence-electron chi connectivity index (χ3n) is 8.25.